The van der Waals surface area contributed by atoms with Crippen molar-refractivity contribution in [1.82, 2.24) is 0 Å². The van der Waals surface area contributed by atoms with Crippen molar-refractivity contribution in [3.05, 3.63) is 125 Å². The Labute approximate surface area is 282 Å². The van der Waals surface area contributed by atoms with Crippen molar-refractivity contribution >= 4 is 118 Å². The Morgan fingerprint density at radius 1 is 0.405 bits per heavy atom. The number of ketones is 2. The smallest absolute Gasteiger partial charge is 0.194 e. The third-order valence-electron chi connectivity index (χ3n) is 7.92. The summed E-state index contributed by atoms with van der Waals surface area (Å²) in [5, 5.41) is 3.90. The lowest BCUT2D eigenvalue weighted by Crippen LogP contribution is -2.11. The summed E-state index contributed by atoms with van der Waals surface area (Å²) in [6, 6.07) is 27.5. The Balaban J connectivity index is 1.40. The first-order chi connectivity index (χ1) is 20.4. The molecule has 2 aliphatic rings. The van der Waals surface area contributed by atoms with Crippen LogP contribution in [0.15, 0.2) is 113 Å². The number of fused-ring (bicyclic) bond motifs is 4. The van der Waals surface area contributed by atoms with Crippen LogP contribution in [0.4, 0.5) is 0 Å². The summed E-state index contributed by atoms with van der Waals surface area (Å²) in [6.45, 7) is 0. The molecule has 6 aromatic rings. The molecule has 8 rings (SSSR count). The van der Waals surface area contributed by atoms with Crippen molar-refractivity contribution in [3.8, 4) is 22.3 Å². The first kappa shape index (κ1) is 27.4. The summed E-state index contributed by atoms with van der Waals surface area (Å²) in [7, 11) is 3.29. The highest BCUT2D eigenvalue weighted by Crippen LogP contribution is 2.58. The lowest BCUT2D eigenvalue weighted by molar-refractivity contribution is 0.103. The predicted molar refractivity (Wildman–Crippen MR) is 188 cm³/mol. The molecule has 42 heavy (non-hydrogen) atoms. The number of rotatable bonds is 3. The van der Waals surface area contributed by atoms with Crippen molar-refractivity contribution in [2.24, 2.45) is 0 Å². The highest BCUT2D eigenvalue weighted by molar-refractivity contribution is 9.13. The van der Waals surface area contributed by atoms with Crippen LogP contribution in [-0.4, -0.2) is 11.6 Å². The summed E-state index contributed by atoms with van der Waals surface area (Å²) >= 11 is 15.5. The van der Waals surface area contributed by atoms with E-state index in [1.807, 2.05) is 72.8 Å². The fourth-order valence-electron chi connectivity index (χ4n) is 6.11. The van der Waals surface area contributed by atoms with Crippen LogP contribution < -0.4 is 0 Å². The molecule has 0 spiro atoms. The van der Waals surface area contributed by atoms with Gasteiger partial charge in [-0.3, -0.25) is 9.59 Å². The van der Waals surface area contributed by atoms with E-state index in [4.69, 9.17) is 0 Å². The zero-order valence-corrected chi connectivity index (χ0v) is 29.2. The molecule has 6 aromatic carbocycles. The number of carbonyl (C=O) groups is 2. The van der Waals surface area contributed by atoms with Crippen molar-refractivity contribution in [3.63, 3.8) is 0 Å². The van der Waals surface area contributed by atoms with Gasteiger partial charge in [0.05, 0.1) is 0 Å². The van der Waals surface area contributed by atoms with E-state index in [1.54, 1.807) is 21.6 Å². The fraction of sp³-hybridized carbons (Fsp3) is 0. The Bertz CT molecular complexity index is 2080. The van der Waals surface area contributed by atoms with Crippen molar-refractivity contribution in [2.45, 2.75) is 9.79 Å². The second-order valence-corrected chi connectivity index (χ2v) is 15.4. The molecule has 0 heterocycles. The molecule has 0 unspecified atom stereocenters. The fourth-order valence-corrected chi connectivity index (χ4v) is 12.0. The molecular formula is C34H14Br4O2S2. The van der Waals surface area contributed by atoms with Gasteiger partial charge >= 0.3 is 0 Å². The van der Waals surface area contributed by atoms with E-state index in [0.29, 0.717) is 22.3 Å². The van der Waals surface area contributed by atoms with E-state index in [9.17, 15) is 9.59 Å². The minimum Gasteiger partial charge on any atom is -0.289 e. The molecule has 0 saturated heterocycles. The van der Waals surface area contributed by atoms with Gasteiger partial charge in [-0.15, -0.1) is 0 Å². The van der Waals surface area contributed by atoms with Gasteiger partial charge in [-0.1, -0.05) is 107 Å². The first-order valence-electron chi connectivity index (χ1n) is 12.9. The number of carbonyl (C=O) groups excluding carboxylic acids is 2. The lowest BCUT2D eigenvalue weighted by atomic mass is 9.83. The van der Waals surface area contributed by atoms with Gasteiger partial charge in [-0.05, 0) is 85.6 Å². The van der Waals surface area contributed by atoms with E-state index in [2.05, 4.69) is 75.9 Å². The van der Waals surface area contributed by atoms with Crippen LogP contribution >= 0.6 is 85.3 Å². The Morgan fingerprint density at radius 2 is 0.762 bits per heavy atom. The molecule has 0 bridgehead atoms. The Kier molecular flexibility index (Phi) is 6.63. The maximum Gasteiger partial charge on any atom is 0.194 e. The third kappa shape index (κ3) is 3.75. The van der Waals surface area contributed by atoms with Crippen LogP contribution in [-0.2, 0) is 0 Å². The van der Waals surface area contributed by atoms with Crippen molar-refractivity contribution in [2.75, 3.05) is 0 Å². The monoisotopic (exact) mass is 834 g/mol. The molecular weight excluding hydrogens is 824 g/mol. The number of hydrogen-bond acceptors (Lipinski definition) is 4. The van der Waals surface area contributed by atoms with Crippen molar-refractivity contribution < 1.29 is 9.59 Å². The number of benzene rings is 6. The minimum absolute atomic E-state index is 0.0426. The number of hydrogen-bond donors (Lipinski definition) is 0. The topological polar surface area (TPSA) is 34.1 Å². The van der Waals surface area contributed by atoms with Crippen LogP contribution in [0.1, 0.15) is 31.8 Å². The SMILES string of the molecule is O=C1c2ccccc2-c2c(SSc3c(Br)c(Br)c4cccc5c4c3-c3ccccc3C5=O)c(Br)c(Br)c3cccc1c23. The molecule has 0 atom stereocenters. The van der Waals surface area contributed by atoms with Gasteiger partial charge in [0, 0.05) is 71.8 Å². The molecule has 0 fully saturated rings. The third-order valence-corrected chi connectivity index (χ3v) is 15.2. The summed E-state index contributed by atoms with van der Waals surface area (Å²) < 4.78 is 3.70. The van der Waals surface area contributed by atoms with Gasteiger partial charge in [0.2, 0.25) is 0 Å². The standard InChI is InChI=1S/C34H14Br4O2S2/c35-27-19-11-5-13-21-23(19)25(15-7-1-3-9-17(15)31(21)39)33(29(27)37)41-42-34-26-16-8-2-4-10-18(16)32(40)22-14-6-12-20(24(22)26)28(36)30(34)38/h1-14H. The zero-order chi connectivity index (χ0) is 28.9. The van der Waals surface area contributed by atoms with Crippen molar-refractivity contribution in [1.29, 1.82) is 0 Å². The molecule has 202 valence electrons. The molecule has 2 nitrogen and oxygen atoms in total. The summed E-state index contributed by atoms with van der Waals surface area (Å²) in [6.07, 6.45) is 0. The van der Waals surface area contributed by atoms with Gasteiger partial charge in [0.15, 0.2) is 11.6 Å². The van der Waals surface area contributed by atoms with Crippen LogP contribution in [0.2, 0.25) is 0 Å². The zero-order valence-electron chi connectivity index (χ0n) is 21.2. The highest BCUT2D eigenvalue weighted by atomic mass is 79.9. The van der Waals surface area contributed by atoms with E-state index >= 15 is 0 Å². The summed E-state index contributed by atoms with van der Waals surface area (Å²) in [5.41, 5.74) is 6.79. The number of halogens is 4. The summed E-state index contributed by atoms with van der Waals surface area (Å²) in [4.78, 5) is 29.2. The molecule has 0 aromatic heterocycles. The van der Waals surface area contributed by atoms with Gasteiger partial charge in [0.1, 0.15) is 0 Å². The predicted octanol–water partition coefficient (Wildman–Crippen LogP) is 12.3. The molecule has 0 saturated carbocycles. The molecule has 2 aliphatic carbocycles. The minimum atomic E-state index is 0.0426. The van der Waals surface area contributed by atoms with E-state index < -0.39 is 0 Å². The molecule has 0 radical (unpaired) electrons. The van der Waals surface area contributed by atoms with Crippen LogP contribution in [0.25, 0.3) is 43.8 Å². The Morgan fingerprint density at radius 3 is 1.17 bits per heavy atom. The molecule has 0 amide bonds. The maximum atomic E-state index is 13.6. The van der Waals surface area contributed by atoms with Gasteiger partial charge in [-0.25, -0.2) is 0 Å². The largest absolute Gasteiger partial charge is 0.289 e. The van der Waals surface area contributed by atoms with Gasteiger partial charge in [-0.2, -0.15) is 0 Å². The van der Waals surface area contributed by atoms with E-state index in [-0.39, 0.29) is 11.6 Å². The van der Waals surface area contributed by atoms with Crippen LogP contribution in [0.3, 0.4) is 0 Å². The van der Waals surface area contributed by atoms with Gasteiger partial charge in [0.25, 0.3) is 0 Å². The van der Waals surface area contributed by atoms with Crippen LogP contribution in [0, 0.1) is 0 Å². The Hall–Kier alpha value is -2.20. The normalized spacial score (nSPS) is 13.0. The van der Waals surface area contributed by atoms with Crippen LogP contribution in [0.5, 0.6) is 0 Å². The second kappa shape index (κ2) is 10.2. The average molecular weight is 838 g/mol. The average Bonchev–Trinajstić information content (AvgIpc) is 3.02. The lowest BCUT2D eigenvalue weighted by Gasteiger charge is -2.26. The second-order valence-electron chi connectivity index (χ2n) is 10.0. The molecule has 8 heteroatoms. The molecule has 0 N–H and O–H groups in total. The molecule has 0 aliphatic heterocycles. The van der Waals surface area contributed by atoms with E-state index in [0.717, 1.165) is 71.5 Å². The first-order valence-corrected chi connectivity index (χ1v) is 18.2. The van der Waals surface area contributed by atoms with Gasteiger partial charge < -0.3 is 0 Å². The highest BCUT2D eigenvalue weighted by Gasteiger charge is 2.33. The van der Waals surface area contributed by atoms with E-state index in [1.165, 1.54) is 0 Å². The quantitative estimate of drug-likeness (QED) is 0.166. The summed E-state index contributed by atoms with van der Waals surface area (Å²) in [5.74, 6) is 0.0851. The maximum absolute atomic E-state index is 13.6.